The highest BCUT2D eigenvalue weighted by molar-refractivity contribution is 5.98. The van der Waals surface area contributed by atoms with Gasteiger partial charge in [0.2, 0.25) is 5.91 Å². The molecule has 0 aromatic rings. The molecule has 0 aromatic carbocycles. The van der Waals surface area contributed by atoms with E-state index < -0.39 is 5.92 Å². The van der Waals surface area contributed by atoms with Crippen molar-refractivity contribution in [1.82, 2.24) is 4.90 Å². The van der Waals surface area contributed by atoms with Crippen molar-refractivity contribution in [1.29, 1.82) is 0 Å². The van der Waals surface area contributed by atoms with Crippen molar-refractivity contribution < 1.29 is 19.2 Å². The Kier molecular flexibility index (Phi) is 6.03. The third-order valence-corrected chi connectivity index (χ3v) is 5.02. The third kappa shape index (κ3) is 4.19. The van der Waals surface area contributed by atoms with Crippen LogP contribution in [0.5, 0.6) is 0 Å². The maximum absolute atomic E-state index is 12.8. The maximum atomic E-state index is 12.8. The van der Waals surface area contributed by atoms with E-state index in [-0.39, 0.29) is 17.8 Å². The maximum Gasteiger partial charge on any atom is 0.318 e. The van der Waals surface area contributed by atoms with Gasteiger partial charge in [-0.25, -0.2) is 0 Å². The Morgan fingerprint density at radius 1 is 1.10 bits per heavy atom. The van der Waals surface area contributed by atoms with Crippen LogP contribution in [-0.2, 0) is 14.3 Å². The van der Waals surface area contributed by atoms with Crippen molar-refractivity contribution in [2.75, 3.05) is 40.3 Å². The molecule has 1 N–H and O–H groups in total. The number of carbonyl (C=O) groups is 2. The van der Waals surface area contributed by atoms with E-state index in [1.54, 1.807) is 0 Å². The average Bonchev–Trinajstić information content (AvgIpc) is 2.77. The van der Waals surface area contributed by atoms with Crippen LogP contribution in [0.2, 0.25) is 0 Å². The number of likely N-dealkylation sites (N-methyl/N-ethyl adjacent to an activating group) is 1. The van der Waals surface area contributed by atoms with Crippen LogP contribution in [-0.4, -0.2) is 57.1 Å². The lowest BCUT2D eigenvalue weighted by Gasteiger charge is -2.34. The van der Waals surface area contributed by atoms with Gasteiger partial charge < -0.3 is 14.5 Å². The summed E-state index contributed by atoms with van der Waals surface area (Å²) in [5.41, 5.74) is 0. The average molecular weight is 297 g/mol. The minimum atomic E-state index is -0.577. The van der Waals surface area contributed by atoms with Crippen LogP contribution in [0.3, 0.4) is 0 Å². The van der Waals surface area contributed by atoms with Gasteiger partial charge in [-0.2, -0.15) is 0 Å². The van der Waals surface area contributed by atoms with E-state index in [1.165, 1.54) is 24.9 Å². The molecule has 21 heavy (non-hydrogen) atoms. The minimum Gasteiger partial charge on any atom is -0.468 e. The highest BCUT2D eigenvalue weighted by Crippen LogP contribution is 2.31. The summed E-state index contributed by atoms with van der Waals surface area (Å²) in [5.74, 6) is -0.745. The molecule has 0 bridgehead atoms. The second-order valence-corrected chi connectivity index (χ2v) is 6.53. The predicted octanol–water partition coefficient (Wildman–Crippen LogP) is 0.103. The highest BCUT2D eigenvalue weighted by Gasteiger charge is 2.39. The van der Waals surface area contributed by atoms with Crippen molar-refractivity contribution in [2.24, 2.45) is 11.8 Å². The summed E-state index contributed by atoms with van der Waals surface area (Å²) in [4.78, 5) is 28.4. The molecule has 0 unspecified atom stereocenters. The topological polar surface area (TPSA) is 51.1 Å². The second kappa shape index (κ2) is 7.78. The van der Waals surface area contributed by atoms with Crippen LogP contribution in [0.15, 0.2) is 0 Å². The number of amides is 1. The van der Waals surface area contributed by atoms with Crippen molar-refractivity contribution in [3.63, 3.8) is 0 Å². The molecule has 0 radical (unpaired) electrons. The molecule has 1 saturated heterocycles. The zero-order valence-corrected chi connectivity index (χ0v) is 13.4. The molecule has 1 aliphatic heterocycles. The molecule has 0 spiro atoms. The summed E-state index contributed by atoms with van der Waals surface area (Å²) in [5, 5.41) is 0. The van der Waals surface area contributed by atoms with Crippen molar-refractivity contribution >= 4 is 11.9 Å². The molecule has 1 aliphatic carbocycles. The van der Waals surface area contributed by atoms with E-state index in [0.29, 0.717) is 0 Å². The van der Waals surface area contributed by atoms with Gasteiger partial charge >= 0.3 is 5.97 Å². The Bertz CT molecular complexity index is 357. The van der Waals surface area contributed by atoms with Crippen molar-refractivity contribution in [3.05, 3.63) is 0 Å². The molecule has 0 aromatic heterocycles. The predicted molar refractivity (Wildman–Crippen MR) is 79.9 cm³/mol. The summed E-state index contributed by atoms with van der Waals surface area (Å²) in [6, 6.07) is 0. The molecular weight excluding hydrogens is 268 g/mol. The van der Waals surface area contributed by atoms with E-state index in [0.717, 1.165) is 51.9 Å². The zero-order chi connectivity index (χ0) is 15.2. The van der Waals surface area contributed by atoms with Gasteiger partial charge in [-0.3, -0.25) is 9.59 Å². The molecule has 5 nitrogen and oxygen atoms in total. The van der Waals surface area contributed by atoms with Gasteiger partial charge in [0, 0.05) is 0 Å². The quantitative estimate of drug-likeness (QED) is 0.457. The normalized spacial score (nSPS) is 23.4. The molecule has 5 heteroatoms. The number of nitrogens with one attached hydrogen (secondary N) is 1. The first-order valence-electron chi connectivity index (χ1n) is 8.31. The lowest BCUT2D eigenvalue weighted by atomic mass is 9.85. The fourth-order valence-corrected chi connectivity index (χ4v) is 3.57. The summed E-state index contributed by atoms with van der Waals surface area (Å²) in [7, 11) is 3.54. The molecule has 2 aliphatic rings. The number of hydrogen-bond donors (Lipinski definition) is 1. The van der Waals surface area contributed by atoms with Crippen LogP contribution in [0.4, 0.5) is 0 Å². The Balaban J connectivity index is 2.07. The van der Waals surface area contributed by atoms with Crippen LogP contribution in [0, 0.1) is 11.8 Å². The summed E-state index contributed by atoms with van der Waals surface area (Å²) < 4.78 is 4.95. The summed E-state index contributed by atoms with van der Waals surface area (Å²) >= 11 is 0. The van der Waals surface area contributed by atoms with E-state index in [4.69, 9.17) is 4.74 Å². The van der Waals surface area contributed by atoms with E-state index >= 15 is 0 Å². The largest absolute Gasteiger partial charge is 0.468 e. The van der Waals surface area contributed by atoms with Gasteiger partial charge in [0.1, 0.15) is 5.92 Å². The van der Waals surface area contributed by atoms with Crippen molar-refractivity contribution in [2.45, 2.75) is 38.5 Å². The van der Waals surface area contributed by atoms with E-state index in [2.05, 4.69) is 7.05 Å². The first-order valence-corrected chi connectivity index (χ1v) is 8.31. The zero-order valence-electron chi connectivity index (χ0n) is 13.4. The van der Waals surface area contributed by atoms with Crippen molar-refractivity contribution in [3.8, 4) is 0 Å². The van der Waals surface area contributed by atoms with Crippen LogP contribution in [0.25, 0.3) is 0 Å². The number of quaternary nitrogens is 1. The van der Waals surface area contributed by atoms with Crippen LogP contribution >= 0.6 is 0 Å². The SMILES string of the molecule is COC(=O)[C@@H](C(=O)N1CC[NH+](C)CC1)C1CCCCCC1. The van der Waals surface area contributed by atoms with Gasteiger partial charge in [-0.15, -0.1) is 0 Å². The number of carbonyl (C=O) groups excluding carboxylic acids is 2. The number of ether oxygens (including phenoxy) is 1. The lowest BCUT2D eigenvalue weighted by Crippen LogP contribution is -3.12. The van der Waals surface area contributed by atoms with Gasteiger partial charge in [0.15, 0.2) is 0 Å². The highest BCUT2D eigenvalue weighted by atomic mass is 16.5. The molecule has 1 saturated carbocycles. The molecule has 1 heterocycles. The van der Waals surface area contributed by atoms with Gasteiger partial charge in [-0.05, 0) is 18.8 Å². The lowest BCUT2D eigenvalue weighted by molar-refractivity contribution is -0.883. The van der Waals surface area contributed by atoms with Gasteiger partial charge in [0.05, 0.1) is 40.3 Å². The Hall–Kier alpha value is -1.10. The molecule has 2 fully saturated rings. The summed E-state index contributed by atoms with van der Waals surface area (Å²) in [6.45, 7) is 3.43. The number of methoxy groups -OCH3 is 1. The third-order valence-electron chi connectivity index (χ3n) is 5.02. The van der Waals surface area contributed by atoms with Crippen LogP contribution < -0.4 is 4.90 Å². The number of hydrogen-bond acceptors (Lipinski definition) is 3. The van der Waals surface area contributed by atoms with E-state index in [9.17, 15) is 9.59 Å². The fraction of sp³-hybridized carbons (Fsp3) is 0.875. The second-order valence-electron chi connectivity index (χ2n) is 6.53. The molecule has 1 amide bonds. The fourth-order valence-electron chi connectivity index (χ4n) is 3.57. The monoisotopic (exact) mass is 297 g/mol. The molecular formula is C16H29N2O3+. The number of esters is 1. The van der Waals surface area contributed by atoms with Gasteiger partial charge in [0.25, 0.3) is 0 Å². The summed E-state index contributed by atoms with van der Waals surface area (Å²) in [6.07, 6.45) is 6.64. The number of piperazine rings is 1. The molecule has 2 rings (SSSR count). The first kappa shape index (κ1) is 16.3. The smallest absolute Gasteiger partial charge is 0.318 e. The number of rotatable bonds is 3. The molecule has 1 atom stereocenters. The Morgan fingerprint density at radius 2 is 1.67 bits per heavy atom. The Morgan fingerprint density at radius 3 is 2.19 bits per heavy atom. The number of nitrogens with zero attached hydrogens (tertiary/aromatic N) is 1. The van der Waals surface area contributed by atoms with Crippen LogP contribution in [0.1, 0.15) is 38.5 Å². The van der Waals surface area contributed by atoms with E-state index in [1.807, 2.05) is 4.90 Å². The molecule has 120 valence electrons. The Labute approximate surface area is 127 Å². The first-order chi connectivity index (χ1) is 10.1. The minimum absolute atomic E-state index is 0.00116. The standard InChI is InChI=1S/C16H28N2O3/c1-17-9-11-18(12-10-17)15(19)14(16(20)21-2)13-7-5-3-4-6-8-13/h13-14H,3-12H2,1-2H3/p+1/t14-/m1/s1. The van der Waals surface area contributed by atoms with Gasteiger partial charge in [-0.1, -0.05) is 25.7 Å².